The van der Waals surface area contributed by atoms with Crippen molar-refractivity contribution >= 4 is 21.7 Å². The molecule has 0 saturated heterocycles. The van der Waals surface area contributed by atoms with Gasteiger partial charge in [0.25, 0.3) is 0 Å². The van der Waals surface area contributed by atoms with Gasteiger partial charge in [0.2, 0.25) is 10.0 Å². The number of rotatable bonds is 5. The highest BCUT2D eigenvalue weighted by Crippen LogP contribution is 2.25. The Bertz CT molecular complexity index is 581. The Morgan fingerprint density at radius 2 is 2.00 bits per heavy atom. The van der Waals surface area contributed by atoms with Gasteiger partial charge in [0.15, 0.2) is 0 Å². The maximum Gasteiger partial charge on any atom is 0.337 e. The Balaban J connectivity index is 3.46. The van der Waals surface area contributed by atoms with E-state index in [1.807, 2.05) is 25.7 Å². The molecule has 1 aromatic rings. The van der Waals surface area contributed by atoms with E-state index >= 15 is 0 Å². The number of hydrogen-bond acceptors (Lipinski definition) is 4. The van der Waals surface area contributed by atoms with Gasteiger partial charge in [0, 0.05) is 12.6 Å². The average Bonchev–Trinajstić information content (AvgIpc) is 2.28. The van der Waals surface area contributed by atoms with Crippen LogP contribution in [-0.2, 0) is 10.0 Å². The highest BCUT2D eigenvalue weighted by Gasteiger charge is 2.20. The molecule has 0 heterocycles. The van der Waals surface area contributed by atoms with Gasteiger partial charge in [-0.05, 0) is 39.0 Å². The van der Waals surface area contributed by atoms with Crippen molar-refractivity contribution in [1.82, 2.24) is 0 Å². The summed E-state index contributed by atoms with van der Waals surface area (Å²) in [5.41, 5.74) is 0.416. The molecule has 0 bridgehead atoms. The first-order chi connectivity index (χ1) is 8.68. The van der Waals surface area contributed by atoms with E-state index < -0.39 is 16.0 Å². The fraction of sp³-hybridized carbons (Fsp3) is 0.417. The molecule has 0 amide bonds. The SMILES string of the molecule is CCN(c1ccc(S(N)(=O)=O)cc1C(=O)O)C(C)C. The van der Waals surface area contributed by atoms with E-state index in [1.54, 1.807) is 0 Å². The molecule has 7 heteroatoms. The number of anilines is 1. The number of carbonyl (C=O) groups is 1. The molecular weight excluding hydrogens is 268 g/mol. The van der Waals surface area contributed by atoms with Crippen LogP contribution in [0.4, 0.5) is 5.69 Å². The third kappa shape index (κ3) is 3.45. The Morgan fingerprint density at radius 1 is 1.42 bits per heavy atom. The van der Waals surface area contributed by atoms with Crippen LogP contribution in [0.2, 0.25) is 0 Å². The quantitative estimate of drug-likeness (QED) is 0.848. The number of nitrogens with two attached hydrogens (primary N) is 1. The van der Waals surface area contributed by atoms with Crippen molar-refractivity contribution < 1.29 is 18.3 Å². The number of carboxylic acid groups (broad SMARTS) is 1. The zero-order valence-corrected chi connectivity index (χ0v) is 11.9. The lowest BCUT2D eigenvalue weighted by Crippen LogP contribution is -2.32. The van der Waals surface area contributed by atoms with Gasteiger partial charge in [-0.15, -0.1) is 0 Å². The maximum absolute atomic E-state index is 11.3. The third-order valence-electron chi connectivity index (χ3n) is 2.80. The lowest BCUT2D eigenvalue weighted by atomic mass is 10.1. The molecular formula is C12H18N2O4S. The van der Waals surface area contributed by atoms with Crippen LogP contribution in [-0.4, -0.2) is 32.1 Å². The van der Waals surface area contributed by atoms with Crippen LogP contribution in [0, 0.1) is 0 Å². The summed E-state index contributed by atoms with van der Waals surface area (Å²) in [5, 5.41) is 14.2. The van der Waals surface area contributed by atoms with Gasteiger partial charge >= 0.3 is 5.97 Å². The standard InChI is InChI=1S/C12H18N2O4S/c1-4-14(8(2)3)11-6-5-9(19(13,17)18)7-10(11)12(15)16/h5-8H,4H2,1-3H3,(H,15,16)(H2,13,17,18). The zero-order valence-electron chi connectivity index (χ0n) is 11.1. The maximum atomic E-state index is 11.3. The van der Waals surface area contributed by atoms with Gasteiger partial charge in [0.1, 0.15) is 0 Å². The van der Waals surface area contributed by atoms with E-state index in [-0.39, 0.29) is 16.5 Å². The summed E-state index contributed by atoms with van der Waals surface area (Å²) in [4.78, 5) is 13.0. The van der Waals surface area contributed by atoms with Crippen molar-refractivity contribution in [2.45, 2.75) is 31.7 Å². The molecule has 0 aliphatic carbocycles. The molecule has 0 atom stereocenters. The predicted molar refractivity (Wildman–Crippen MR) is 72.9 cm³/mol. The molecule has 19 heavy (non-hydrogen) atoms. The van der Waals surface area contributed by atoms with Crippen LogP contribution >= 0.6 is 0 Å². The molecule has 3 N–H and O–H groups in total. The minimum absolute atomic E-state index is 0.0675. The number of primary sulfonamides is 1. The normalized spacial score (nSPS) is 11.6. The monoisotopic (exact) mass is 286 g/mol. The predicted octanol–water partition coefficient (Wildman–Crippen LogP) is 1.27. The molecule has 1 rings (SSSR count). The molecule has 0 saturated carbocycles. The highest BCUT2D eigenvalue weighted by atomic mass is 32.2. The van der Waals surface area contributed by atoms with Crippen LogP contribution < -0.4 is 10.0 Å². The summed E-state index contributed by atoms with van der Waals surface area (Å²) in [7, 11) is -3.91. The van der Waals surface area contributed by atoms with Gasteiger partial charge < -0.3 is 10.0 Å². The number of aromatic carboxylic acids is 1. The summed E-state index contributed by atoms with van der Waals surface area (Å²) in [6.07, 6.45) is 0. The minimum Gasteiger partial charge on any atom is -0.478 e. The van der Waals surface area contributed by atoms with Gasteiger partial charge in [-0.1, -0.05) is 0 Å². The largest absolute Gasteiger partial charge is 0.478 e. The number of sulfonamides is 1. The Hall–Kier alpha value is -1.60. The van der Waals surface area contributed by atoms with Gasteiger partial charge in [-0.3, -0.25) is 0 Å². The summed E-state index contributed by atoms with van der Waals surface area (Å²) in [6, 6.07) is 4.00. The molecule has 0 aromatic heterocycles. The van der Waals surface area contributed by atoms with Gasteiger partial charge in [0.05, 0.1) is 16.1 Å². The van der Waals surface area contributed by atoms with E-state index in [9.17, 15) is 18.3 Å². The zero-order chi connectivity index (χ0) is 14.8. The van der Waals surface area contributed by atoms with Gasteiger partial charge in [-0.25, -0.2) is 18.4 Å². The van der Waals surface area contributed by atoms with Crippen molar-refractivity contribution in [3.8, 4) is 0 Å². The van der Waals surface area contributed by atoms with Gasteiger partial charge in [-0.2, -0.15) is 0 Å². The second-order valence-electron chi connectivity index (χ2n) is 4.41. The smallest absolute Gasteiger partial charge is 0.337 e. The van der Waals surface area contributed by atoms with Crippen LogP contribution in [0.5, 0.6) is 0 Å². The van der Waals surface area contributed by atoms with E-state index in [4.69, 9.17) is 5.14 Å². The first-order valence-corrected chi connectivity index (χ1v) is 7.40. The van der Waals surface area contributed by atoms with Crippen molar-refractivity contribution in [2.75, 3.05) is 11.4 Å². The summed E-state index contributed by atoms with van der Waals surface area (Å²) in [6.45, 7) is 6.39. The molecule has 0 radical (unpaired) electrons. The molecule has 0 fully saturated rings. The fourth-order valence-corrected chi connectivity index (χ4v) is 2.47. The summed E-state index contributed by atoms with van der Waals surface area (Å²) in [5.74, 6) is -1.18. The Morgan fingerprint density at radius 3 is 2.37 bits per heavy atom. The molecule has 0 aliphatic heterocycles. The van der Waals surface area contributed by atoms with Crippen LogP contribution in [0.1, 0.15) is 31.1 Å². The van der Waals surface area contributed by atoms with Crippen LogP contribution in [0.15, 0.2) is 23.1 Å². The number of carboxylic acids is 1. The van der Waals surface area contributed by atoms with Crippen molar-refractivity contribution in [3.05, 3.63) is 23.8 Å². The minimum atomic E-state index is -3.91. The van der Waals surface area contributed by atoms with E-state index in [0.717, 1.165) is 6.07 Å². The molecule has 0 spiro atoms. The Kier molecular flexibility index (Phi) is 4.54. The fourth-order valence-electron chi connectivity index (χ4n) is 1.93. The molecule has 6 nitrogen and oxygen atoms in total. The number of nitrogens with zero attached hydrogens (tertiary/aromatic N) is 1. The topological polar surface area (TPSA) is 101 Å². The first kappa shape index (κ1) is 15.5. The third-order valence-corrected chi connectivity index (χ3v) is 3.71. The van der Waals surface area contributed by atoms with E-state index in [2.05, 4.69) is 0 Å². The number of benzene rings is 1. The second-order valence-corrected chi connectivity index (χ2v) is 5.97. The average molecular weight is 286 g/mol. The van der Waals surface area contributed by atoms with Crippen molar-refractivity contribution in [3.63, 3.8) is 0 Å². The molecule has 0 unspecified atom stereocenters. The number of hydrogen-bond donors (Lipinski definition) is 2. The van der Waals surface area contributed by atoms with E-state index in [0.29, 0.717) is 12.2 Å². The first-order valence-electron chi connectivity index (χ1n) is 5.85. The Labute approximate surface area is 112 Å². The summed E-state index contributed by atoms with van der Waals surface area (Å²) >= 11 is 0. The molecule has 1 aromatic carbocycles. The lowest BCUT2D eigenvalue weighted by molar-refractivity contribution is 0.0697. The second kappa shape index (κ2) is 5.58. The summed E-state index contributed by atoms with van der Waals surface area (Å²) < 4.78 is 22.5. The van der Waals surface area contributed by atoms with Crippen LogP contribution in [0.3, 0.4) is 0 Å². The molecule has 106 valence electrons. The van der Waals surface area contributed by atoms with Crippen molar-refractivity contribution in [1.29, 1.82) is 0 Å². The van der Waals surface area contributed by atoms with Crippen molar-refractivity contribution in [2.24, 2.45) is 5.14 Å². The van der Waals surface area contributed by atoms with Crippen LogP contribution in [0.25, 0.3) is 0 Å². The molecule has 0 aliphatic rings. The lowest BCUT2D eigenvalue weighted by Gasteiger charge is -2.29. The highest BCUT2D eigenvalue weighted by molar-refractivity contribution is 7.89. The van der Waals surface area contributed by atoms with E-state index in [1.165, 1.54) is 12.1 Å².